The van der Waals surface area contributed by atoms with Crippen LogP contribution in [-0.2, 0) is 4.79 Å². The van der Waals surface area contributed by atoms with Crippen molar-refractivity contribution < 1.29 is 14.6 Å². The van der Waals surface area contributed by atoms with Gasteiger partial charge in [0.1, 0.15) is 5.75 Å². The topological polar surface area (TPSA) is 58.6 Å². The van der Waals surface area contributed by atoms with Gasteiger partial charge in [-0.2, -0.15) is 0 Å². The molecule has 0 bridgehead atoms. The van der Waals surface area contributed by atoms with Crippen LogP contribution in [-0.4, -0.2) is 30.3 Å². The number of hydrogen-bond acceptors (Lipinski definition) is 3. The predicted molar refractivity (Wildman–Crippen MR) is 70.6 cm³/mol. The summed E-state index contributed by atoms with van der Waals surface area (Å²) in [5.74, 6) is 0.672. The molecule has 1 aromatic rings. The fraction of sp³-hybridized carbons (Fsp3) is 0.500. The minimum atomic E-state index is -0.156. The zero-order chi connectivity index (χ0) is 13.4. The van der Waals surface area contributed by atoms with E-state index in [1.165, 1.54) is 5.56 Å². The molecule has 0 aliphatic rings. The van der Waals surface area contributed by atoms with Gasteiger partial charge in [0, 0.05) is 0 Å². The number of nitrogens with one attached hydrogen (secondary N) is 1. The Morgan fingerprint density at radius 1 is 1.39 bits per heavy atom. The molecule has 18 heavy (non-hydrogen) atoms. The summed E-state index contributed by atoms with van der Waals surface area (Å²) in [6.07, 6.45) is 1.02. The van der Waals surface area contributed by atoms with Gasteiger partial charge in [-0.25, -0.2) is 0 Å². The zero-order valence-corrected chi connectivity index (χ0v) is 11.0. The van der Waals surface area contributed by atoms with Gasteiger partial charge >= 0.3 is 0 Å². The van der Waals surface area contributed by atoms with Crippen molar-refractivity contribution in [3.05, 3.63) is 29.8 Å². The van der Waals surface area contributed by atoms with E-state index in [0.717, 1.165) is 12.2 Å². The molecule has 0 unspecified atom stereocenters. The first-order valence-corrected chi connectivity index (χ1v) is 6.25. The zero-order valence-electron chi connectivity index (χ0n) is 11.0. The molecule has 0 heterocycles. The number of carbonyl (C=O) groups is 1. The highest BCUT2D eigenvalue weighted by molar-refractivity contribution is 5.76. The quantitative estimate of drug-likeness (QED) is 0.774. The molecule has 4 heteroatoms. The van der Waals surface area contributed by atoms with E-state index in [4.69, 9.17) is 9.84 Å². The van der Waals surface area contributed by atoms with Crippen molar-refractivity contribution in [1.82, 2.24) is 5.32 Å². The van der Waals surface area contributed by atoms with E-state index in [1.54, 1.807) is 0 Å². The normalized spacial score (nSPS) is 11.9. The monoisotopic (exact) mass is 251 g/mol. The molecule has 1 amide bonds. The standard InChI is InChI=1S/C14H21NO3/c1-3-12(10-16)15-14(17)8-9-18-13-6-4-11(2)5-7-13/h4-7,12,16H,3,8-10H2,1-2H3,(H,15,17)/t12-/m0/s1. The Bertz CT molecular complexity index is 358. The second-order valence-corrected chi connectivity index (χ2v) is 4.27. The van der Waals surface area contributed by atoms with Gasteiger partial charge in [-0.15, -0.1) is 0 Å². The molecule has 0 saturated carbocycles. The van der Waals surface area contributed by atoms with Crippen LogP contribution in [0.5, 0.6) is 5.75 Å². The van der Waals surface area contributed by atoms with Crippen LogP contribution in [0.1, 0.15) is 25.3 Å². The van der Waals surface area contributed by atoms with E-state index in [2.05, 4.69) is 5.32 Å². The summed E-state index contributed by atoms with van der Waals surface area (Å²) in [6.45, 7) is 4.25. The number of ether oxygens (including phenoxy) is 1. The molecule has 0 saturated heterocycles. The Morgan fingerprint density at radius 3 is 2.61 bits per heavy atom. The maximum Gasteiger partial charge on any atom is 0.223 e. The first-order chi connectivity index (χ1) is 8.65. The van der Waals surface area contributed by atoms with E-state index in [0.29, 0.717) is 13.0 Å². The van der Waals surface area contributed by atoms with Gasteiger partial charge in [-0.05, 0) is 25.5 Å². The first-order valence-electron chi connectivity index (χ1n) is 6.25. The third-order valence-corrected chi connectivity index (χ3v) is 2.70. The second kappa shape index (κ2) is 7.71. The van der Waals surface area contributed by atoms with Crippen molar-refractivity contribution in [3.63, 3.8) is 0 Å². The molecule has 0 radical (unpaired) electrons. The van der Waals surface area contributed by atoms with Crippen molar-refractivity contribution in [2.75, 3.05) is 13.2 Å². The van der Waals surface area contributed by atoms with E-state index >= 15 is 0 Å². The van der Waals surface area contributed by atoms with Crippen LogP contribution < -0.4 is 10.1 Å². The number of amides is 1. The highest BCUT2D eigenvalue weighted by Crippen LogP contribution is 2.11. The number of aliphatic hydroxyl groups excluding tert-OH is 1. The van der Waals surface area contributed by atoms with Crippen LogP contribution in [0.25, 0.3) is 0 Å². The van der Waals surface area contributed by atoms with Gasteiger partial charge in [0.15, 0.2) is 0 Å². The molecule has 0 spiro atoms. The highest BCUT2D eigenvalue weighted by atomic mass is 16.5. The lowest BCUT2D eigenvalue weighted by Crippen LogP contribution is -2.37. The fourth-order valence-electron chi connectivity index (χ4n) is 1.47. The smallest absolute Gasteiger partial charge is 0.223 e. The number of benzene rings is 1. The lowest BCUT2D eigenvalue weighted by atomic mass is 10.2. The van der Waals surface area contributed by atoms with E-state index in [9.17, 15) is 4.79 Å². The van der Waals surface area contributed by atoms with Gasteiger partial charge in [0.2, 0.25) is 5.91 Å². The van der Waals surface area contributed by atoms with Crippen molar-refractivity contribution in [2.45, 2.75) is 32.7 Å². The summed E-state index contributed by atoms with van der Waals surface area (Å²) in [6, 6.07) is 7.55. The molecule has 0 aliphatic heterocycles. The third-order valence-electron chi connectivity index (χ3n) is 2.70. The molecule has 0 aliphatic carbocycles. The van der Waals surface area contributed by atoms with Gasteiger partial charge in [0.05, 0.1) is 25.7 Å². The molecule has 4 nitrogen and oxygen atoms in total. The molecular formula is C14H21NO3. The number of hydrogen-bond donors (Lipinski definition) is 2. The predicted octanol–water partition coefficient (Wildman–Crippen LogP) is 1.65. The number of carbonyl (C=O) groups excluding carboxylic acids is 1. The van der Waals surface area contributed by atoms with Crippen molar-refractivity contribution in [1.29, 1.82) is 0 Å². The van der Waals surface area contributed by atoms with Gasteiger partial charge in [-0.1, -0.05) is 24.6 Å². The van der Waals surface area contributed by atoms with E-state index in [1.807, 2.05) is 38.1 Å². The van der Waals surface area contributed by atoms with Crippen LogP contribution >= 0.6 is 0 Å². The van der Waals surface area contributed by atoms with E-state index < -0.39 is 0 Å². The second-order valence-electron chi connectivity index (χ2n) is 4.27. The lowest BCUT2D eigenvalue weighted by Gasteiger charge is -2.14. The number of aliphatic hydroxyl groups is 1. The lowest BCUT2D eigenvalue weighted by molar-refractivity contribution is -0.122. The molecule has 1 rings (SSSR count). The Labute approximate surface area is 108 Å². The maximum absolute atomic E-state index is 11.5. The fourth-order valence-corrected chi connectivity index (χ4v) is 1.47. The van der Waals surface area contributed by atoms with Gasteiger partial charge in [-0.3, -0.25) is 4.79 Å². The van der Waals surface area contributed by atoms with Crippen molar-refractivity contribution >= 4 is 5.91 Å². The van der Waals surface area contributed by atoms with Gasteiger partial charge < -0.3 is 15.2 Å². The molecule has 100 valence electrons. The average Bonchev–Trinajstić information content (AvgIpc) is 2.38. The third kappa shape index (κ3) is 5.19. The maximum atomic E-state index is 11.5. The van der Waals surface area contributed by atoms with Gasteiger partial charge in [0.25, 0.3) is 0 Å². The Balaban J connectivity index is 2.25. The van der Waals surface area contributed by atoms with Crippen LogP contribution in [0.15, 0.2) is 24.3 Å². The molecule has 0 fully saturated rings. The van der Waals surface area contributed by atoms with Crippen molar-refractivity contribution in [2.24, 2.45) is 0 Å². The largest absolute Gasteiger partial charge is 0.493 e. The van der Waals surface area contributed by atoms with Crippen molar-refractivity contribution in [3.8, 4) is 5.75 Å². The summed E-state index contributed by atoms with van der Waals surface area (Å²) in [5, 5.41) is 11.7. The summed E-state index contributed by atoms with van der Waals surface area (Å²) in [7, 11) is 0. The molecule has 2 N–H and O–H groups in total. The molecule has 1 atom stereocenters. The average molecular weight is 251 g/mol. The van der Waals surface area contributed by atoms with Crippen LogP contribution in [0.2, 0.25) is 0 Å². The first kappa shape index (κ1) is 14.5. The summed E-state index contributed by atoms with van der Waals surface area (Å²) in [5.41, 5.74) is 1.17. The summed E-state index contributed by atoms with van der Waals surface area (Å²) in [4.78, 5) is 11.5. The molecular weight excluding hydrogens is 230 g/mol. The SMILES string of the molecule is CC[C@@H](CO)NC(=O)CCOc1ccc(C)cc1. The van der Waals surface area contributed by atoms with Crippen LogP contribution in [0.4, 0.5) is 0 Å². The van der Waals surface area contributed by atoms with E-state index in [-0.39, 0.29) is 18.6 Å². The van der Waals surface area contributed by atoms with Crippen LogP contribution in [0, 0.1) is 6.92 Å². The highest BCUT2D eigenvalue weighted by Gasteiger charge is 2.08. The summed E-state index contributed by atoms with van der Waals surface area (Å²) < 4.78 is 5.46. The number of aryl methyl sites for hydroxylation is 1. The van der Waals surface area contributed by atoms with Crippen LogP contribution in [0.3, 0.4) is 0 Å². The summed E-state index contributed by atoms with van der Waals surface area (Å²) >= 11 is 0. The Hall–Kier alpha value is -1.55. The minimum Gasteiger partial charge on any atom is -0.493 e. The minimum absolute atomic E-state index is 0.0267. The number of rotatable bonds is 7. The Kier molecular flexibility index (Phi) is 6.22. The molecule has 1 aromatic carbocycles. The Morgan fingerprint density at radius 2 is 2.06 bits per heavy atom. The molecule has 0 aromatic heterocycles.